The number of carbonyl (C=O) groups is 1. The summed E-state index contributed by atoms with van der Waals surface area (Å²) in [5.41, 5.74) is 1.36. The molecular weight excluding hydrogens is 296 g/mol. The first-order chi connectivity index (χ1) is 11.1. The highest BCUT2D eigenvalue weighted by atomic mass is 16.5. The van der Waals surface area contributed by atoms with Crippen molar-refractivity contribution in [2.75, 3.05) is 10.6 Å². The van der Waals surface area contributed by atoms with E-state index in [4.69, 9.17) is 4.52 Å². The molecule has 0 bridgehead atoms. The topological polar surface area (TPSA) is 106 Å². The predicted molar refractivity (Wildman–Crippen MR) is 84.1 cm³/mol. The van der Waals surface area contributed by atoms with E-state index in [1.807, 2.05) is 6.07 Å². The van der Waals surface area contributed by atoms with Crippen molar-refractivity contribution >= 4 is 29.1 Å². The largest absolute Gasteiger partial charge is 0.360 e. The van der Waals surface area contributed by atoms with E-state index >= 15 is 0 Å². The first-order valence-corrected chi connectivity index (χ1v) is 6.88. The van der Waals surface area contributed by atoms with Crippen LogP contribution in [0, 0.1) is 6.92 Å². The molecule has 3 aromatic rings. The third-order valence-corrected chi connectivity index (χ3v) is 2.97. The van der Waals surface area contributed by atoms with Crippen molar-refractivity contribution < 1.29 is 9.32 Å². The molecule has 0 saturated carbocycles. The zero-order chi connectivity index (χ0) is 16.2. The summed E-state index contributed by atoms with van der Waals surface area (Å²) in [5, 5.41) is 17.5. The van der Waals surface area contributed by atoms with Crippen molar-refractivity contribution in [1.29, 1.82) is 0 Å². The molecule has 0 atom stereocenters. The zero-order valence-electron chi connectivity index (χ0n) is 12.6. The quantitative estimate of drug-likeness (QED) is 0.693. The van der Waals surface area contributed by atoms with Crippen LogP contribution in [0.5, 0.6) is 0 Å². The summed E-state index contributed by atoms with van der Waals surface area (Å²) in [6, 6.07) is 8.86. The van der Waals surface area contributed by atoms with Gasteiger partial charge in [-0.05, 0) is 26.0 Å². The van der Waals surface area contributed by atoms with Crippen LogP contribution in [-0.2, 0) is 0 Å². The van der Waals surface area contributed by atoms with Gasteiger partial charge in [-0.15, -0.1) is 5.10 Å². The van der Waals surface area contributed by atoms with Crippen molar-refractivity contribution in [3.05, 3.63) is 47.9 Å². The molecule has 0 aliphatic heterocycles. The normalized spacial score (nSPS) is 10.3. The molecule has 1 aromatic carbocycles. The molecule has 116 valence electrons. The number of carbonyl (C=O) groups excluding carboxylic acids is 1. The second-order valence-corrected chi connectivity index (χ2v) is 4.88. The summed E-state index contributed by atoms with van der Waals surface area (Å²) >= 11 is 0. The van der Waals surface area contributed by atoms with Crippen LogP contribution in [0.1, 0.15) is 23.0 Å². The molecule has 0 fully saturated rings. The number of aryl methyl sites for hydroxylation is 1. The monoisotopic (exact) mass is 310 g/mol. The van der Waals surface area contributed by atoms with Crippen LogP contribution < -0.4 is 10.6 Å². The van der Waals surface area contributed by atoms with Crippen LogP contribution in [0.2, 0.25) is 0 Å². The maximum absolute atomic E-state index is 11.4. The van der Waals surface area contributed by atoms with Gasteiger partial charge in [0.2, 0.25) is 5.95 Å². The molecule has 0 spiro atoms. The Morgan fingerprint density at radius 3 is 2.78 bits per heavy atom. The van der Waals surface area contributed by atoms with E-state index in [-0.39, 0.29) is 11.7 Å². The average Bonchev–Trinajstić information content (AvgIpc) is 2.93. The maximum atomic E-state index is 11.4. The number of nitrogens with one attached hydrogen (secondary N) is 2. The molecule has 2 N–H and O–H groups in total. The van der Waals surface area contributed by atoms with Gasteiger partial charge in [0.25, 0.3) is 0 Å². The average molecular weight is 310 g/mol. The van der Waals surface area contributed by atoms with Crippen LogP contribution >= 0.6 is 0 Å². The molecule has 8 nitrogen and oxygen atoms in total. The first-order valence-electron chi connectivity index (χ1n) is 6.88. The van der Waals surface area contributed by atoms with E-state index in [2.05, 4.69) is 31.0 Å². The van der Waals surface area contributed by atoms with Crippen molar-refractivity contribution in [3.63, 3.8) is 0 Å². The lowest BCUT2D eigenvalue weighted by Crippen LogP contribution is -2.03. The Hall–Kier alpha value is -3.29. The number of hydrogen-bond donors (Lipinski definition) is 2. The summed E-state index contributed by atoms with van der Waals surface area (Å²) in [6.07, 6.45) is 1.49. The number of hydrogen-bond acceptors (Lipinski definition) is 8. The van der Waals surface area contributed by atoms with Gasteiger partial charge in [-0.25, -0.2) is 0 Å². The van der Waals surface area contributed by atoms with Gasteiger partial charge in [-0.2, -0.15) is 10.1 Å². The van der Waals surface area contributed by atoms with Gasteiger partial charge in [-0.3, -0.25) is 4.79 Å². The Morgan fingerprint density at radius 1 is 1.17 bits per heavy atom. The van der Waals surface area contributed by atoms with E-state index < -0.39 is 0 Å². The molecule has 0 aliphatic carbocycles. The third kappa shape index (κ3) is 3.67. The van der Waals surface area contributed by atoms with E-state index in [9.17, 15) is 4.79 Å². The van der Waals surface area contributed by atoms with Crippen molar-refractivity contribution in [2.45, 2.75) is 13.8 Å². The Balaban J connectivity index is 1.77. The van der Waals surface area contributed by atoms with Gasteiger partial charge in [0.1, 0.15) is 5.76 Å². The van der Waals surface area contributed by atoms with Crippen LogP contribution in [-0.4, -0.2) is 26.1 Å². The maximum Gasteiger partial charge on any atom is 0.250 e. The molecule has 2 aromatic heterocycles. The Morgan fingerprint density at radius 2 is 2.04 bits per heavy atom. The Labute approximate surface area is 131 Å². The number of rotatable bonds is 5. The number of nitrogens with zero attached hydrogens (tertiary/aromatic N) is 4. The lowest BCUT2D eigenvalue weighted by Gasteiger charge is -2.07. The summed E-state index contributed by atoms with van der Waals surface area (Å²) in [4.78, 5) is 15.7. The van der Waals surface area contributed by atoms with Crippen molar-refractivity contribution in [3.8, 4) is 0 Å². The fourth-order valence-electron chi connectivity index (χ4n) is 1.92. The number of anilines is 4. The SMILES string of the molecule is CC(=O)c1cccc(Nc2cnnc(Nc3cc(C)on3)n2)c1. The predicted octanol–water partition coefficient (Wildman–Crippen LogP) is 2.86. The number of ketones is 1. The van der Waals surface area contributed by atoms with Crippen LogP contribution in [0.15, 0.2) is 41.1 Å². The molecule has 0 radical (unpaired) electrons. The van der Waals surface area contributed by atoms with E-state index in [0.29, 0.717) is 23.0 Å². The van der Waals surface area contributed by atoms with Crippen LogP contribution in [0.4, 0.5) is 23.3 Å². The third-order valence-electron chi connectivity index (χ3n) is 2.97. The molecule has 8 heteroatoms. The molecule has 0 saturated heterocycles. The second-order valence-electron chi connectivity index (χ2n) is 4.88. The summed E-state index contributed by atoms with van der Waals surface area (Å²) in [7, 11) is 0. The summed E-state index contributed by atoms with van der Waals surface area (Å²) in [6.45, 7) is 3.31. The van der Waals surface area contributed by atoms with Gasteiger partial charge in [0, 0.05) is 17.3 Å². The fourth-order valence-corrected chi connectivity index (χ4v) is 1.92. The standard InChI is InChI=1S/C15H14N6O2/c1-9-6-13(21-23-9)18-15-19-14(8-16-20-15)17-12-5-3-4-11(7-12)10(2)22/h3-8H,1-2H3,(H2,17,18,19,20,21). The molecule has 0 unspecified atom stereocenters. The summed E-state index contributed by atoms with van der Waals surface area (Å²) < 4.78 is 4.96. The van der Waals surface area contributed by atoms with Crippen molar-refractivity contribution in [2.24, 2.45) is 0 Å². The highest BCUT2D eigenvalue weighted by molar-refractivity contribution is 5.95. The smallest absolute Gasteiger partial charge is 0.250 e. The van der Waals surface area contributed by atoms with Crippen LogP contribution in [0.25, 0.3) is 0 Å². The molecule has 23 heavy (non-hydrogen) atoms. The number of aromatic nitrogens is 4. The minimum atomic E-state index is -0.00165. The lowest BCUT2D eigenvalue weighted by atomic mass is 10.1. The van der Waals surface area contributed by atoms with Gasteiger partial charge in [-0.1, -0.05) is 17.3 Å². The fraction of sp³-hybridized carbons (Fsp3) is 0.133. The van der Waals surface area contributed by atoms with Crippen LogP contribution in [0.3, 0.4) is 0 Å². The van der Waals surface area contributed by atoms with Gasteiger partial charge < -0.3 is 15.2 Å². The highest BCUT2D eigenvalue weighted by Gasteiger charge is 2.06. The molecule has 2 heterocycles. The summed E-state index contributed by atoms with van der Waals surface area (Å²) in [5.74, 6) is 1.95. The Kier molecular flexibility index (Phi) is 3.96. The Bertz CT molecular complexity index is 845. The van der Waals surface area contributed by atoms with E-state index in [1.54, 1.807) is 31.2 Å². The highest BCUT2D eigenvalue weighted by Crippen LogP contribution is 2.18. The second kappa shape index (κ2) is 6.22. The van der Waals surface area contributed by atoms with Gasteiger partial charge >= 0.3 is 0 Å². The van der Waals surface area contributed by atoms with Gasteiger partial charge in [0.05, 0.1) is 6.20 Å². The molecular formula is C15H14N6O2. The van der Waals surface area contributed by atoms with E-state index in [1.165, 1.54) is 13.1 Å². The molecule has 0 amide bonds. The lowest BCUT2D eigenvalue weighted by molar-refractivity contribution is 0.101. The minimum Gasteiger partial charge on any atom is -0.360 e. The molecule has 0 aliphatic rings. The zero-order valence-corrected chi connectivity index (χ0v) is 12.6. The van der Waals surface area contributed by atoms with Crippen molar-refractivity contribution in [1.82, 2.24) is 20.3 Å². The number of benzene rings is 1. The first kappa shape index (κ1) is 14.6. The van der Waals surface area contributed by atoms with E-state index in [0.717, 1.165) is 5.69 Å². The minimum absolute atomic E-state index is 0.00165. The molecule has 3 rings (SSSR count). The van der Waals surface area contributed by atoms with Gasteiger partial charge in [0.15, 0.2) is 17.4 Å². The number of Topliss-reactive ketones (excluding diaryl/α,β-unsaturated/α-hetero) is 1.